The molecular weight excluding hydrogens is 545 g/mol. The minimum Gasteiger partial charge on any atom is -0.305 e. The van der Waals surface area contributed by atoms with E-state index in [9.17, 15) is 0 Å². The molecule has 5 rings (SSSR count). The monoisotopic (exact) mass is 565 g/mol. The summed E-state index contributed by atoms with van der Waals surface area (Å²) >= 11 is 0. The van der Waals surface area contributed by atoms with Gasteiger partial charge in [-0.05, 0) is 40.7 Å². The summed E-state index contributed by atoms with van der Waals surface area (Å²) in [5, 5.41) is 2.45. The molecule has 1 radical (unpaired) electrons. The molecular formula is C27H20IrN2-2. The molecule has 0 spiro atoms. The average molecular weight is 565 g/mol. The first kappa shape index (κ1) is 21.6. The van der Waals surface area contributed by atoms with Crippen LogP contribution < -0.4 is 0 Å². The first-order valence-electron chi connectivity index (χ1n) is 9.52. The van der Waals surface area contributed by atoms with Crippen LogP contribution in [-0.2, 0) is 20.1 Å². The Morgan fingerprint density at radius 1 is 0.633 bits per heavy atom. The van der Waals surface area contributed by atoms with Gasteiger partial charge in [0.2, 0.25) is 0 Å². The fourth-order valence-corrected chi connectivity index (χ4v) is 3.16. The fraction of sp³-hybridized carbons (Fsp3) is 0.0370. The second-order valence-corrected chi connectivity index (χ2v) is 6.60. The van der Waals surface area contributed by atoms with E-state index in [1.54, 1.807) is 6.20 Å². The molecule has 0 N–H and O–H groups in total. The molecule has 2 nitrogen and oxygen atoms in total. The molecule has 0 bridgehead atoms. The van der Waals surface area contributed by atoms with Crippen LogP contribution in [0.2, 0.25) is 0 Å². The minimum atomic E-state index is 0. The van der Waals surface area contributed by atoms with Crippen molar-refractivity contribution in [1.82, 2.24) is 9.97 Å². The van der Waals surface area contributed by atoms with Crippen molar-refractivity contribution in [2.45, 2.75) is 6.92 Å². The Bertz CT molecular complexity index is 1150. The Hall–Kier alpha value is -3.13. The number of benzene rings is 3. The number of hydrogen-bond acceptors (Lipinski definition) is 2. The van der Waals surface area contributed by atoms with E-state index >= 15 is 0 Å². The number of pyridine rings is 2. The van der Waals surface area contributed by atoms with Crippen LogP contribution in [0.25, 0.3) is 33.3 Å². The predicted molar refractivity (Wildman–Crippen MR) is 119 cm³/mol. The third kappa shape index (κ3) is 5.07. The van der Waals surface area contributed by atoms with Gasteiger partial charge in [-0.15, -0.1) is 71.8 Å². The first-order chi connectivity index (χ1) is 14.3. The van der Waals surface area contributed by atoms with E-state index in [2.05, 4.69) is 53.3 Å². The molecule has 0 unspecified atom stereocenters. The zero-order valence-corrected chi connectivity index (χ0v) is 18.9. The number of aromatic nitrogens is 2. The molecule has 30 heavy (non-hydrogen) atoms. The third-order valence-electron chi connectivity index (χ3n) is 4.61. The van der Waals surface area contributed by atoms with Gasteiger partial charge in [-0.25, -0.2) is 0 Å². The van der Waals surface area contributed by atoms with Crippen LogP contribution >= 0.6 is 0 Å². The summed E-state index contributed by atoms with van der Waals surface area (Å²) in [6, 6.07) is 36.4. The van der Waals surface area contributed by atoms with E-state index in [-0.39, 0.29) is 20.1 Å². The number of fused-ring (bicyclic) bond motifs is 1. The summed E-state index contributed by atoms with van der Waals surface area (Å²) in [7, 11) is 0. The predicted octanol–water partition coefficient (Wildman–Crippen LogP) is 6.56. The maximum atomic E-state index is 4.55. The molecule has 0 aliphatic heterocycles. The van der Waals surface area contributed by atoms with Gasteiger partial charge >= 0.3 is 0 Å². The van der Waals surface area contributed by atoms with Crippen molar-refractivity contribution in [1.29, 1.82) is 0 Å². The second-order valence-electron chi connectivity index (χ2n) is 6.60. The Morgan fingerprint density at radius 3 is 1.90 bits per heavy atom. The number of nitrogens with zero attached hydrogens (tertiary/aromatic N) is 2. The molecule has 2 heterocycles. The number of rotatable bonds is 2. The van der Waals surface area contributed by atoms with Gasteiger partial charge in [0.1, 0.15) is 0 Å². The van der Waals surface area contributed by atoms with Crippen LogP contribution in [0.1, 0.15) is 5.56 Å². The van der Waals surface area contributed by atoms with E-state index in [4.69, 9.17) is 0 Å². The van der Waals surface area contributed by atoms with E-state index in [1.807, 2.05) is 72.9 Å². The van der Waals surface area contributed by atoms with E-state index in [0.29, 0.717) is 0 Å². The SMILES string of the molecule is Cc1cnc(-c2[c-]cccc2)c2ccccc12.[Ir].[c-]1ccccc1-c1ccccn1. The molecule has 0 atom stereocenters. The van der Waals surface area contributed by atoms with Crippen LogP contribution in [0.4, 0.5) is 0 Å². The maximum Gasteiger partial charge on any atom is 0.0196 e. The first-order valence-corrected chi connectivity index (χ1v) is 9.52. The summed E-state index contributed by atoms with van der Waals surface area (Å²) in [6.07, 6.45) is 3.72. The summed E-state index contributed by atoms with van der Waals surface area (Å²) in [5.41, 5.74) is 5.27. The van der Waals surface area contributed by atoms with Crippen molar-refractivity contribution in [2.75, 3.05) is 0 Å². The van der Waals surface area contributed by atoms with Crippen molar-refractivity contribution in [3.8, 4) is 22.5 Å². The largest absolute Gasteiger partial charge is 0.305 e. The Labute approximate surface area is 191 Å². The van der Waals surface area contributed by atoms with Gasteiger partial charge in [0, 0.05) is 32.5 Å². The maximum absolute atomic E-state index is 4.55. The van der Waals surface area contributed by atoms with E-state index in [1.165, 1.54) is 16.3 Å². The zero-order chi connectivity index (χ0) is 19.9. The van der Waals surface area contributed by atoms with Crippen LogP contribution in [0.5, 0.6) is 0 Å². The van der Waals surface area contributed by atoms with Gasteiger partial charge in [0.15, 0.2) is 0 Å². The van der Waals surface area contributed by atoms with Crippen molar-refractivity contribution in [3.63, 3.8) is 0 Å². The Kier molecular flexibility index (Phi) is 7.62. The smallest absolute Gasteiger partial charge is 0.0196 e. The molecule has 3 heteroatoms. The molecule has 0 amide bonds. The Morgan fingerprint density at radius 2 is 1.27 bits per heavy atom. The van der Waals surface area contributed by atoms with Crippen LogP contribution in [0, 0.1) is 19.1 Å². The molecule has 0 saturated heterocycles. The van der Waals surface area contributed by atoms with Crippen LogP contribution in [0.3, 0.4) is 0 Å². The van der Waals surface area contributed by atoms with Crippen molar-refractivity contribution in [3.05, 3.63) is 121 Å². The van der Waals surface area contributed by atoms with Gasteiger partial charge in [0.05, 0.1) is 0 Å². The Balaban J connectivity index is 0.000000175. The van der Waals surface area contributed by atoms with Crippen molar-refractivity contribution in [2.24, 2.45) is 0 Å². The topological polar surface area (TPSA) is 25.8 Å². The van der Waals surface area contributed by atoms with Gasteiger partial charge in [0.25, 0.3) is 0 Å². The molecule has 2 aromatic heterocycles. The summed E-state index contributed by atoms with van der Waals surface area (Å²) in [5.74, 6) is 0. The molecule has 5 aromatic rings. The average Bonchev–Trinajstić information content (AvgIpc) is 2.82. The minimum absolute atomic E-state index is 0. The normalized spacial score (nSPS) is 9.90. The van der Waals surface area contributed by atoms with E-state index in [0.717, 1.165) is 22.5 Å². The molecule has 0 fully saturated rings. The third-order valence-corrected chi connectivity index (χ3v) is 4.61. The van der Waals surface area contributed by atoms with Crippen LogP contribution in [0.15, 0.2) is 103 Å². The quantitative estimate of drug-likeness (QED) is 0.227. The van der Waals surface area contributed by atoms with Gasteiger partial charge in [-0.3, -0.25) is 0 Å². The number of hydrogen-bond donors (Lipinski definition) is 0. The molecule has 0 aliphatic rings. The van der Waals surface area contributed by atoms with Crippen LogP contribution in [-0.4, -0.2) is 9.97 Å². The summed E-state index contributed by atoms with van der Waals surface area (Å²) in [6.45, 7) is 2.09. The van der Waals surface area contributed by atoms with E-state index < -0.39 is 0 Å². The number of aryl methyl sites for hydroxylation is 1. The molecule has 0 saturated carbocycles. The van der Waals surface area contributed by atoms with Gasteiger partial charge in [-0.1, -0.05) is 36.4 Å². The molecule has 3 aromatic carbocycles. The van der Waals surface area contributed by atoms with Gasteiger partial charge in [-0.2, -0.15) is 0 Å². The molecule has 0 aliphatic carbocycles. The zero-order valence-electron chi connectivity index (χ0n) is 16.5. The summed E-state index contributed by atoms with van der Waals surface area (Å²) < 4.78 is 0. The van der Waals surface area contributed by atoms with Gasteiger partial charge < -0.3 is 9.97 Å². The van der Waals surface area contributed by atoms with Crippen molar-refractivity contribution >= 4 is 10.8 Å². The van der Waals surface area contributed by atoms with Crippen molar-refractivity contribution < 1.29 is 20.1 Å². The molecule has 149 valence electrons. The summed E-state index contributed by atoms with van der Waals surface area (Å²) in [4.78, 5) is 8.76. The second kappa shape index (κ2) is 10.6. The standard InChI is InChI=1S/C16H12N.C11H8N.Ir/c1-12-11-17-16(13-7-3-2-4-8-13)15-10-6-5-9-14(12)15;1-2-6-10(7-3-1)11-8-4-5-9-12-11;/h2-7,9-11H,1H3;1-6,8-9H;/q2*-1;. The fourth-order valence-electron chi connectivity index (χ4n) is 3.16.